The molecule has 1 heterocycles. The Kier molecular flexibility index (Phi) is 6.47. The molecule has 0 bridgehead atoms. The number of nitrogens with one attached hydrogen (secondary N) is 1. The van der Waals surface area contributed by atoms with Crippen LogP contribution >= 0.6 is 0 Å². The minimum Gasteiger partial charge on any atom is -0.358 e. The predicted molar refractivity (Wildman–Crippen MR) is 69.8 cm³/mol. The van der Waals surface area contributed by atoms with E-state index in [9.17, 15) is 4.79 Å². The molecule has 1 amide bonds. The van der Waals surface area contributed by atoms with Crippen molar-refractivity contribution in [3.8, 4) is 0 Å². The van der Waals surface area contributed by atoms with Crippen molar-refractivity contribution in [3.05, 3.63) is 0 Å². The van der Waals surface area contributed by atoms with Crippen LogP contribution in [0.4, 0.5) is 0 Å². The first kappa shape index (κ1) is 14.4. The van der Waals surface area contributed by atoms with Gasteiger partial charge in [-0.05, 0) is 32.9 Å². The topological polar surface area (TPSA) is 61.6 Å². The number of hydrogen-bond donors (Lipinski definition) is 2. The minimum absolute atomic E-state index is 0.00816. The Bertz CT molecular complexity index is 227. The van der Waals surface area contributed by atoms with Crippen molar-refractivity contribution < 1.29 is 4.79 Å². The predicted octanol–water partition coefficient (Wildman–Crippen LogP) is -0.523. The Labute approximate surface area is 104 Å². The van der Waals surface area contributed by atoms with E-state index in [2.05, 4.69) is 15.1 Å². The van der Waals surface area contributed by atoms with Gasteiger partial charge >= 0.3 is 0 Å². The number of likely N-dealkylation sites (N-methyl/N-ethyl adjacent to an activating group) is 1. The monoisotopic (exact) mass is 242 g/mol. The van der Waals surface area contributed by atoms with Crippen LogP contribution in [-0.2, 0) is 4.79 Å². The molecule has 0 aliphatic carbocycles. The molecule has 100 valence electrons. The van der Waals surface area contributed by atoms with Crippen molar-refractivity contribution in [1.82, 2.24) is 15.1 Å². The summed E-state index contributed by atoms with van der Waals surface area (Å²) in [6.45, 7) is 7.99. The van der Waals surface area contributed by atoms with Gasteiger partial charge in [-0.25, -0.2) is 0 Å². The molecule has 0 aromatic rings. The van der Waals surface area contributed by atoms with Gasteiger partial charge < -0.3 is 16.0 Å². The number of nitrogens with two attached hydrogens (primary N) is 1. The van der Waals surface area contributed by atoms with Gasteiger partial charge in [0.1, 0.15) is 0 Å². The molecule has 0 aromatic heterocycles. The normalized spacial score (nSPS) is 20.2. The van der Waals surface area contributed by atoms with Crippen molar-refractivity contribution >= 4 is 5.91 Å². The molecular weight excluding hydrogens is 216 g/mol. The van der Waals surface area contributed by atoms with Gasteiger partial charge in [0.15, 0.2) is 0 Å². The van der Waals surface area contributed by atoms with Gasteiger partial charge in [0.2, 0.25) is 5.91 Å². The molecule has 1 unspecified atom stereocenters. The molecule has 0 aromatic carbocycles. The molecule has 17 heavy (non-hydrogen) atoms. The van der Waals surface area contributed by atoms with Crippen LogP contribution in [0.1, 0.15) is 19.8 Å². The van der Waals surface area contributed by atoms with E-state index in [1.165, 1.54) is 6.42 Å². The van der Waals surface area contributed by atoms with Crippen molar-refractivity contribution in [1.29, 1.82) is 0 Å². The molecule has 1 aliphatic rings. The minimum atomic E-state index is -0.00816. The molecule has 0 spiro atoms. The van der Waals surface area contributed by atoms with Crippen LogP contribution in [0.3, 0.4) is 0 Å². The van der Waals surface area contributed by atoms with Crippen LogP contribution in [0, 0.1) is 0 Å². The summed E-state index contributed by atoms with van der Waals surface area (Å²) < 4.78 is 0. The second kappa shape index (κ2) is 7.63. The van der Waals surface area contributed by atoms with Crippen LogP contribution in [0.15, 0.2) is 0 Å². The number of rotatable bonds is 6. The van der Waals surface area contributed by atoms with E-state index in [4.69, 9.17) is 5.73 Å². The summed E-state index contributed by atoms with van der Waals surface area (Å²) in [5.74, 6) is 0.113. The summed E-state index contributed by atoms with van der Waals surface area (Å²) >= 11 is 0. The molecule has 1 rings (SSSR count). The molecule has 1 saturated heterocycles. The zero-order chi connectivity index (χ0) is 12.7. The van der Waals surface area contributed by atoms with E-state index >= 15 is 0 Å². The third kappa shape index (κ3) is 4.61. The quantitative estimate of drug-likeness (QED) is 0.615. The molecule has 5 heteroatoms. The molecule has 0 radical (unpaired) electrons. The van der Waals surface area contributed by atoms with E-state index in [0.29, 0.717) is 0 Å². The van der Waals surface area contributed by atoms with Crippen molar-refractivity contribution in [2.75, 3.05) is 46.3 Å². The van der Waals surface area contributed by atoms with Crippen molar-refractivity contribution in [2.24, 2.45) is 5.73 Å². The van der Waals surface area contributed by atoms with Gasteiger partial charge in [-0.1, -0.05) is 0 Å². The van der Waals surface area contributed by atoms with Crippen LogP contribution in [0.2, 0.25) is 0 Å². The zero-order valence-corrected chi connectivity index (χ0v) is 11.1. The molecular formula is C12H26N4O. The standard InChI is InChI=1S/C12H26N4O/c1-11(12(17)14-2)16-9-7-15(8-10-16)6-4-3-5-13/h11H,3-10,13H2,1-2H3,(H,14,17). The molecule has 1 aliphatic heterocycles. The van der Waals surface area contributed by atoms with Gasteiger partial charge in [-0.3, -0.25) is 9.69 Å². The lowest BCUT2D eigenvalue weighted by atomic mass is 10.2. The fraction of sp³-hybridized carbons (Fsp3) is 0.917. The zero-order valence-electron chi connectivity index (χ0n) is 11.1. The summed E-state index contributed by atoms with van der Waals surface area (Å²) in [6, 6.07) is -0.00816. The smallest absolute Gasteiger partial charge is 0.236 e. The lowest BCUT2D eigenvalue weighted by Crippen LogP contribution is -2.53. The Morgan fingerprint density at radius 2 is 1.94 bits per heavy atom. The summed E-state index contributed by atoms with van der Waals surface area (Å²) in [6.07, 6.45) is 2.29. The van der Waals surface area contributed by atoms with E-state index in [-0.39, 0.29) is 11.9 Å². The van der Waals surface area contributed by atoms with Gasteiger partial charge in [-0.2, -0.15) is 0 Å². The number of piperazine rings is 1. The summed E-state index contributed by atoms with van der Waals surface area (Å²) in [7, 11) is 1.70. The van der Waals surface area contributed by atoms with Crippen molar-refractivity contribution in [2.45, 2.75) is 25.8 Å². The fourth-order valence-corrected chi connectivity index (χ4v) is 2.23. The maximum atomic E-state index is 11.5. The first-order chi connectivity index (χ1) is 8.19. The largest absolute Gasteiger partial charge is 0.358 e. The number of carbonyl (C=O) groups excluding carboxylic acids is 1. The Morgan fingerprint density at radius 3 is 2.47 bits per heavy atom. The number of amides is 1. The maximum absolute atomic E-state index is 11.5. The Hall–Kier alpha value is -0.650. The molecule has 0 saturated carbocycles. The lowest BCUT2D eigenvalue weighted by Gasteiger charge is -2.37. The number of carbonyl (C=O) groups is 1. The summed E-state index contributed by atoms with van der Waals surface area (Å²) in [5, 5.41) is 2.71. The van der Waals surface area contributed by atoms with Crippen LogP contribution in [-0.4, -0.2) is 68.1 Å². The fourth-order valence-electron chi connectivity index (χ4n) is 2.23. The molecule has 1 atom stereocenters. The number of unbranched alkanes of at least 4 members (excludes halogenated alkanes) is 1. The Morgan fingerprint density at radius 1 is 1.29 bits per heavy atom. The highest BCUT2D eigenvalue weighted by Crippen LogP contribution is 2.07. The number of nitrogens with zero attached hydrogens (tertiary/aromatic N) is 2. The van der Waals surface area contributed by atoms with Crippen LogP contribution in [0.25, 0.3) is 0 Å². The van der Waals surface area contributed by atoms with E-state index in [1.807, 2.05) is 6.92 Å². The van der Waals surface area contributed by atoms with E-state index in [1.54, 1.807) is 7.05 Å². The molecule has 5 nitrogen and oxygen atoms in total. The Balaban J connectivity index is 2.23. The first-order valence-electron chi connectivity index (χ1n) is 6.57. The molecule has 1 fully saturated rings. The van der Waals surface area contributed by atoms with Gasteiger partial charge in [-0.15, -0.1) is 0 Å². The average molecular weight is 242 g/mol. The average Bonchev–Trinajstić information content (AvgIpc) is 2.38. The second-order valence-corrected chi connectivity index (χ2v) is 4.66. The van der Waals surface area contributed by atoms with E-state index in [0.717, 1.165) is 45.7 Å². The third-order valence-electron chi connectivity index (χ3n) is 3.51. The molecule has 3 N–H and O–H groups in total. The van der Waals surface area contributed by atoms with Crippen LogP contribution < -0.4 is 11.1 Å². The third-order valence-corrected chi connectivity index (χ3v) is 3.51. The SMILES string of the molecule is CNC(=O)C(C)N1CCN(CCCCN)CC1. The van der Waals surface area contributed by atoms with Gasteiger partial charge in [0.25, 0.3) is 0 Å². The summed E-state index contributed by atoms with van der Waals surface area (Å²) in [5.41, 5.74) is 5.48. The summed E-state index contributed by atoms with van der Waals surface area (Å²) in [4.78, 5) is 16.2. The highest BCUT2D eigenvalue weighted by Gasteiger charge is 2.24. The lowest BCUT2D eigenvalue weighted by molar-refractivity contribution is -0.126. The van der Waals surface area contributed by atoms with Crippen LogP contribution in [0.5, 0.6) is 0 Å². The second-order valence-electron chi connectivity index (χ2n) is 4.66. The van der Waals surface area contributed by atoms with E-state index < -0.39 is 0 Å². The first-order valence-corrected chi connectivity index (χ1v) is 6.57. The number of hydrogen-bond acceptors (Lipinski definition) is 4. The van der Waals surface area contributed by atoms with Gasteiger partial charge in [0.05, 0.1) is 6.04 Å². The maximum Gasteiger partial charge on any atom is 0.236 e. The highest BCUT2D eigenvalue weighted by atomic mass is 16.2. The van der Waals surface area contributed by atoms with Crippen molar-refractivity contribution in [3.63, 3.8) is 0 Å². The van der Waals surface area contributed by atoms with Gasteiger partial charge in [0, 0.05) is 33.2 Å². The highest BCUT2D eigenvalue weighted by molar-refractivity contribution is 5.80.